The summed E-state index contributed by atoms with van der Waals surface area (Å²) in [6, 6.07) is 0. The van der Waals surface area contributed by atoms with Gasteiger partial charge < -0.3 is 39.8 Å². The van der Waals surface area contributed by atoms with Gasteiger partial charge in [-0.1, -0.05) is 100 Å². The Kier molecular flexibility index (Phi) is 19.7. The second-order valence-electron chi connectivity index (χ2n) is 13.6. The van der Waals surface area contributed by atoms with Gasteiger partial charge in [-0.3, -0.25) is 0 Å². The lowest BCUT2D eigenvalue weighted by atomic mass is 9.79. The first kappa shape index (κ1) is 44.0. The first-order valence-electron chi connectivity index (χ1n) is 17.3. The first-order chi connectivity index (χ1) is 23.1. The summed E-state index contributed by atoms with van der Waals surface area (Å²) in [5.41, 5.74) is 1.84. The number of aliphatic hydroxyl groups is 4. The van der Waals surface area contributed by atoms with Crippen molar-refractivity contribution in [3.05, 3.63) is 71.6 Å². The summed E-state index contributed by atoms with van der Waals surface area (Å²) in [6.07, 6.45) is 11.4. The highest BCUT2D eigenvalue weighted by Crippen LogP contribution is 2.30. The Morgan fingerprint density at radius 3 is 2.31 bits per heavy atom. The minimum Gasteiger partial charge on any atom is -0.490 e. The van der Waals surface area contributed by atoms with E-state index in [1.54, 1.807) is 57.2 Å². The number of cyclic esters (lactones) is 1. The lowest BCUT2D eigenvalue weighted by Crippen LogP contribution is -2.45. The van der Waals surface area contributed by atoms with Crippen LogP contribution in [-0.4, -0.2) is 88.2 Å². The summed E-state index contributed by atoms with van der Waals surface area (Å²) in [5, 5.41) is 57.6. The van der Waals surface area contributed by atoms with Crippen LogP contribution < -0.4 is 0 Å². The summed E-state index contributed by atoms with van der Waals surface area (Å²) >= 11 is 0. The molecule has 12 atom stereocenters. The molecule has 0 saturated heterocycles. The molecule has 0 bridgehead atoms. The van der Waals surface area contributed by atoms with E-state index in [1.807, 2.05) is 53.7 Å². The zero-order valence-electron chi connectivity index (χ0n) is 31.4. The van der Waals surface area contributed by atoms with E-state index in [2.05, 4.69) is 5.16 Å². The normalized spacial score (nSPS) is 34.2. The third-order valence-corrected chi connectivity index (χ3v) is 9.59. The molecule has 1 rings (SSSR count). The number of carbonyl (C=O) groups excluding carboxylic acids is 1. The van der Waals surface area contributed by atoms with Gasteiger partial charge in [0.2, 0.25) is 5.76 Å². The van der Waals surface area contributed by atoms with Crippen molar-refractivity contribution in [3.8, 4) is 0 Å². The van der Waals surface area contributed by atoms with Gasteiger partial charge in [-0.25, -0.2) is 4.79 Å². The zero-order chi connectivity index (χ0) is 37.4. The predicted octanol–water partition coefficient (Wildman–Crippen LogP) is 5.91. The molecule has 49 heavy (non-hydrogen) atoms. The Balaban J connectivity index is 3.65. The minimum absolute atomic E-state index is 0.0826. The number of rotatable bonds is 11. The van der Waals surface area contributed by atoms with Crippen molar-refractivity contribution in [2.24, 2.45) is 40.7 Å². The number of nitrogens with zero attached hydrogens (tertiary/aromatic N) is 1. The van der Waals surface area contributed by atoms with Gasteiger partial charge in [0.05, 0.1) is 37.2 Å². The summed E-state index contributed by atoms with van der Waals surface area (Å²) < 4.78 is 17.3. The van der Waals surface area contributed by atoms with Crippen LogP contribution in [0.2, 0.25) is 0 Å². The molecule has 0 fully saturated rings. The van der Waals surface area contributed by atoms with Gasteiger partial charge in [0.25, 0.3) is 0 Å². The lowest BCUT2D eigenvalue weighted by Gasteiger charge is -2.34. The molecule has 0 saturated carbocycles. The minimum atomic E-state index is -1.15. The second-order valence-corrected chi connectivity index (χ2v) is 13.6. The SMILES string of the molecule is C/C=C/C(O)C(C)/C=C/C(=N\O)C(C)C(O)C(C)C1OC(=O)/C(OC)=C/C(C)=C/C(C)C(O)C(CC)C(O)C(C)C/C(C)=C/C=C/C1OC. The Morgan fingerprint density at radius 1 is 1.10 bits per heavy atom. The number of methoxy groups -OCH3 is 2. The van der Waals surface area contributed by atoms with Crippen LogP contribution in [0.5, 0.6) is 0 Å². The third-order valence-electron chi connectivity index (χ3n) is 9.59. The van der Waals surface area contributed by atoms with Crippen molar-refractivity contribution in [1.82, 2.24) is 0 Å². The monoisotopic (exact) mass is 689 g/mol. The number of aliphatic hydroxyl groups excluding tert-OH is 4. The molecule has 1 heterocycles. The fourth-order valence-electron chi connectivity index (χ4n) is 6.31. The maximum Gasteiger partial charge on any atom is 0.373 e. The van der Waals surface area contributed by atoms with E-state index in [4.69, 9.17) is 14.2 Å². The number of ether oxygens (including phenoxy) is 3. The number of allylic oxidation sites excluding steroid dienone is 7. The average Bonchev–Trinajstić information content (AvgIpc) is 3.07. The van der Waals surface area contributed by atoms with Crippen molar-refractivity contribution < 1.29 is 44.6 Å². The molecule has 0 aromatic rings. The molecule has 278 valence electrons. The number of carbonyl (C=O) groups is 1. The van der Waals surface area contributed by atoms with Crippen LogP contribution in [0.3, 0.4) is 0 Å². The van der Waals surface area contributed by atoms with Crippen LogP contribution in [0, 0.1) is 35.5 Å². The Labute approximate surface area is 294 Å². The van der Waals surface area contributed by atoms with E-state index in [0.29, 0.717) is 18.4 Å². The fourth-order valence-corrected chi connectivity index (χ4v) is 6.31. The molecule has 0 aromatic carbocycles. The van der Waals surface area contributed by atoms with Crippen LogP contribution in [0.1, 0.15) is 75.2 Å². The van der Waals surface area contributed by atoms with Crippen molar-refractivity contribution in [2.75, 3.05) is 14.2 Å². The molecule has 5 N–H and O–H groups in total. The highest BCUT2D eigenvalue weighted by Gasteiger charge is 2.38. The second kappa shape index (κ2) is 21.9. The van der Waals surface area contributed by atoms with Crippen molar-refractivity contribution >= 4 is 11.7 Å². The number of hydrogen-bond donors (Lipinski definition) is 5. The molecule has 0 aliphatic carbocycles. The van der Waals surface area contributed by atoms with Crippen molar-refractivity contribution in [3.63, 3.8) is 0 Å². The Bertz CT molecular complexity index is 1230. The van der Waals surface area contributed by atoms with Gasteiger partial charge in [0.1, 0.15) is 12.2 Å². The Hall–Kier alpha value is -3.02. The van der Waals surface area contributed by atoms with E-state index in [-0.39, 0.29) is 35.1 Å². The average molecular weight is 690 g/mol. The zero-order valence-corrected chi connectivity index (χ0v) is 31.4. The van der Waals surface area contributed by atoms with E-state index >= 15 is 0 Å². The van der Waals surface area contributed by atoms with Gasteiger partial charge in [-0.15, -0.1) is 0 Å². The number of hydrogen-bond acceptors (Lipinski definition) is 10. The van der Waals surface area contributed by atoms with Crippen molar-refractivity contribution in [1.29, 1.82) is 0 Å². The quantitative estimate of drug-likeness (QED) is 0.0585. The summed E-state index contributed by atoms with van der Waals surface area (Å²) in [4.78, 5) is 13.6. The molecule has 10 nitrogen and oxygen atoms in total. The van der Waals surface area contributed by atoms with Gasteiger partial charge in [0, 0.05) is 36.7 Å². The number of esters is 1. The van der Waals surface area contributed by atoms with E-state index < -0.39 is 54.4 Å². The molecule has 1 aliphatic rings. The van der Waals surface area contributed by atoms with Crippen LogP contribution in [0.4, 0.5) is 0 Å². The Morgan fingerprint density at radius 2 is 1.76 bits per heavy atom. The summed E-state index contributed by atoms with van der Waals surface area (Å²) in [6.45, 7) is 16.6. The molecule has 0 spiro atoms. The van der Waals surface area contributed by atoms with Crippen LogP contribution in [0.15, 0.2) is 76.7 Å². The highest BCUT2D eigenvalue weighted by molar-refractivity contribution is 5.96. The molecule has 1 aliphatic heterocycles. The van der Waals surface area contributed by atoms with Gasteiger partial charge >= 0.3 is 5.97 Å². The lowest BCUT2D eigenvalue weighted by molar-refractivity contribution is -0.161. The van der Waals surface area contributed by atoms with Crippen molar-refractivity contribution in [2.45, 2.75) is 112 Å². The van der Waals surface area contributed by atoms with Crippen LogP contribution in [0.25, 0.3) is 0 Å². The fraction of sp³-hybridized carbons (Fsp3) is 0.641. The molecule has 0 radical (unpaired) electrons. The summed E-state index contributed by atoms with van der Waals surface area (Å²) in [5.74, 6) is -3.36. The molecule has 0 amide bonds. The molecular formula is C39H63NO9. The number of oxime groups is 1. The standard InChI is InChI=1S/C39H63NO9/c1-12-15-32(41)25(5)18-19-31(40-46)28(8)37(44)29(9)38-33(47-10)17-14-16-23(3)20-26(6)35(42)30(13-2)36(43)27(7)21-24(4)22-34(48-11)39(45)49-38/h12,14-19,21-22,25-30,32-33,35-38,41-44,46H,13,20H2,1-11H3/b15-12+,17-14+,19-18+,23-16+,24-21+,34-22-,40-31+. The van der Waals surface area contributed by atoms with E-state index in [0.717, 1.165) is 5.57 Å². The molecule has 12 unspecified atom stereocenters. The summed E-state index contributed by atoms with van der Waals surface area (Å²) in [7, 11) is 2.84. The highest BCUT2D eigenvalue weighted by atomic mass is 16.6. The van der Waals surface area contributed by atoms with Crippen LogP contribution >= 0.6 is 0 Å². The predicted molar refractivity (Wildman–Crippen MR) is 194 cm³/mol. The van der Waals surface area contributed by atoms with Gasteiger partial charge in [-0.05, 0) is 51.7 Å². The van der Waals surface area contributed by atoms with Crippen LogP contribution in [-0.2, 0) is 19.0 Å². The molecule has 10 heteroatoms. The maximum atomic E-state index is 13.6. The first-order valence-corrected chi connectivity index (χ1v) is 17.3. The van der Waals surface area contributed by atoms with Gasteiger partial charge in [-0.2, -0.15) is 0 Å². The maximum absolute atomic E-state index is 13.6. The smallest absolute Gasteiger partial charge is 0.373 e. The molecular weight excluding hydrogens is 626 g/mol. The third kappa shape index (κ3) is 13.3. The van der Waals surface area contributed by atoms with E-state index in [1.165, 1.54) is 20.3 Å². The van der Waals surface area contributed by atoms with Gasteiger partial charge in [0.15, 0.2) is 0 Å². The van der Waals surface area contributed by atoms with E-state index in [9.17, 15) is 30.4 Å². The molecule has 0 aromatic heterocycles. The topological polar surface area (TPSA) is 158 Å². The largest absolute Gasteiger partial charge is 0.490 e.